The molecule has 7 heteroatoms. The van der Waals surface area contributed by atoms with E-state index in [4.69, 9.17) is 11.6 Å². The van der Waals surface area contributed by atoms with Crippen molar-refractivity contribution in [2.75, 3.05) is 19.3 Å². The Kier molecular flexibility index (Phi) is 9.48. The van der Waals surface area contributed by atoms with Crippen LogP contribution in [0.25, 0.3) is 0 Å². The number of thioether (sulfide) groups is 1. The third kappa shape index (κ3) is 6.75. The molecule has 2 aromatic carbocycles. The number of nitrogens with one attached hydrogen (secondary N) is 1. The smallest absolute Gasteiger partial charge is 0.242 e. The van der Waals surface area contributed by atoms with Crippen molar-refractivity contribution in [3.05, 3.63) is 70.5 Å². The molecule has 0 radical (unpaired) electrons. The molecule has 0 saturated carbocycles. The van der Waals surface area contributed by atoms with E-state index < -0.39 is 6.04 Å². The molecule has 0 aliphatic rings. The predicted molar refractivity (Wildman–Crippen MR) is 118 cm³/mol. The largest absolute Gasteiger partial charge is 0.357 e. The average Bonchev–Trinajstić information content (AvgIpc) is 2.73. The topological polar surface area (TPSA) is 49.4 Å². The van der Waals surface area contributed by atoms with E-state index in [1.165, 1.54) is 17.8 Å². The average molecular weight is 437 g/mol. The highest BCUT2D eigenvalue weighted by Gasteiger charge is 2.27. The van der Waals surface area contributed by atoms with Gasteiger partial charge in [-0.05, 0) is 30.5 Å². The van der Waals surface area contributed by atoms with E-state index >= 15 is 0 Å². The molecule has 1 N–H and O–H groups in total. The second-order valence-electron chi connectivity index (χ2n) is 6.55. The Hall–Kier alpha value is -2.05. The molecule has 0 spiro atoms. The quantitative estimate of drug-likeness (QED) is 0.603. The van der Waals surface area contributed by atoms with Gasteiger partial charge in [-0.25, -0.2) is 4.39 Å². The lowest BCUT2D eigenvalue weighted by molar-refractivity contribution is -0.138. The Morgan fingerprint density at radius 1 is 1.17 bits per heavy atom. The van der Waals surface area contributed by atoms with Gasteiger partial charge in [-0.3, -0.25) is 9.59 Å². The van der Waals surface area contributed by atoms with Crippen LogP contribution in [0.3, 0.4) is 0 Å². The molecule has 0 heterocycles. The predicted octanol–water partition coefficient (Wildman–Crippen LogP) is 4.31. The fourth-order valence-corrected chi connectivity index (χ4v) is 4.31. The van der Waals surface area contributed by atoms with Gasteiger partial charge in [0.15, 0.2) is 0 Å². The van der Waals surface area contributed by atoms with Crippen molar-refractivity contribution in [1.82, 2.24) is 10.2 Å². The summed E-state index contributed by atoms with van der Waals surface area (Å²) in [6.07, 6.45) is 1.17. The first kappa shape index (κ1) is 23.2. The van der Waals surface area contributed by atoms with Crippen molar-refractivity contribution in [2.45, 2.75) is 31.6 Å². The lowest BCUT2D eigenvalue weighted by Gasteiger charge is -2.30. The summed E-state index contributed by atoms with van der Waals surface area (Å²) < 4.78 is 13.9. The lowest BCUT2D eigenvalue weighted by Crippen LogP contribution is -2.50. The molecule has 0 aromatic heterocycles. The summed E-state index contributed by atoms with van der Waals surface area (Å²) in [6, 6.07) is 13.8. The first-order chi connectivity index (χ1) is 14.0. The second-order valence-corrected chi connectivity index (χ2v) is 7.95. The van der Waals surface area contributed by atoms with E-state index in [1.807, 2.05) is 37.3 Å². The molecular formula is C22H26ClFN2O2S. The number of carbonyl (C=O) groups is 2. The number of carbonyl (C=O) groups excluding carboxylic acids is 2. The summed E-state index contributed by atoms with van der Waals surface area (Å²) in [6.45, 7) is 2.32. The summed E-state index contributed by atoms with van der Waals surface area (Å²) in [7, 11) is 1.57. The molecule has 156 valence electrons. The van der Waals surface area contributed by atoms with Crippen LogP contribution in [0.4, 0.5) is 4.39 Å². The zero-order valence-corrected chi connectivity index (χ0v) is 18.2. The molecule has 0 aliphatic heterocycles. The first-order valence-electron chi connectivity index (χ1n) is 9.53. The summed E-state index contributed by atoms with van der Waals surface area (Å²) >= 11 is 7.35. The summed E-state index contributed by atoms with van der Waals surface area (Å²) in [5, 5.41) is 2.99. The van der Waals surface area contributed by atoms with Gasteiger partial charge >= 0.3 is 0 Å². The van der Waals surface area contributed by atoms with Crippen molar-refractivity contribution >= 4 is 35.2 Å². The van der Waals surface area contributed by atoms with E-state index in [0.29, 0.717) is 35.7 Å². The molecule has 2 amide bonds. The molecule has 0 bridgehead atoms. The van der Waals surface area contributed by atoms with Crippen LogP contribution in [0.15, 0.2) is 48.5 Å². The Morgan fingerprint density at radius 3 is 2.52 bits per heavy atom. The van der Waals surface area contributed by atoms with Gasteiger partial charge in [-0.15, -0.1) is 11.8 Å². The molecule has 2 aromatic rings. The molecule has 0 saturated heterocycles. The zero-order chi connectivity index (χ0) is 21.2. The van der Waals surface area contributed by atoms with E-state index in [0.717, 1.165) is 5.56 Å². The van der Waals surface area contributed by atoms with Crippen LogP contribution in [0.2, 0.25) is 5.02 Å². The fourth-order valence-electron chi connectivity index (χ4n) is 3.06. The van der Waals surface area contributed by atoms with Crippen molar-refractivity contribution in [3.63, 3.8) is 0 Å². The van der Waals surface area contributed by atoms with Gasteiger partial charge in [0.25, 0.3) is 0 Å². The second kappa shape index (κ2) is 11.8. The maximum Gasteiger partial charge on any atom is 0.242 e. The highest BCUT2D eigenvalue weighted by molar-refractivity contribution is 7.99. The fraction of sp³-hybridized carbons (Fsp3) is 0.364. The normalized spacial score (nSPS) is 11.7. The molecule has 1 atom stereocenters. The number of halogens is 2. The minimum Gasteiger partial charge on any atom is -0.357 e. The van der Waals surface area contributed by atoms with Gasteiger partial charge in [0.05, 0.1) is 5.75 Å². The van der Waals surface area contributed by atoms with Gasteiger partial charge in [-0.1, -0.05) is 54.9 Å². The number of rotatable bonds is 10. The number of nitrogens with zero attached hydrogens (tertiary/aromatic N) is 1. The maximum absolute atomic E-state index is 13.9. The SMILES string of the molecule is CC[C@H](C(=O)NC)N(CCc1ccccc1)C(=O)CSCc1c(F)cccc1Cl. The molecule has 29 heavy (non-hydrogen) atoms. The van der Waals surface area contributed by atoms with Crippen molar-refractivity contribution in [2.24, 2.45) is 0 Å². The Morgan fingerprint density at radius 2 is 1.90 bits per heavy atom. The Bertz CT molecular complexity index is 799. The van der Waals surface area contributed by atoms with Crippen LogP contribution < -0.4 is 5.32 Å². The highest BCUT2D eigenvalue weighted by atomic mass is 35.5. The van der Waals surface area contributed by atoms with Gasteiger partial charge in [-0.2, -0.15) is 0 Å². The molecule has 0 unspecified atom stereocenters. The standard InChI is InChI=1S/C22H26ClFN2O2S/c1-3-20(22(28)25-2)26(13-12-16-8-5-4-6-9-16)21(27)15-29-14-17-18(23)10-7-11-19(17)24/h4-11,20H,3,12-15H2,1-2H3,(H,25,28)/t20-/m1/s1. The van der Waals surface area contributed by atoms with Gasteiger partial charge in [0.1, 0.15) is 11.9 Å². The summed E-state index contributed by atoms with van der Waals surface area (Å²) in [5.74, 6) is -0.270. The maximum atomic E-state index is 13.9. The van der Waals surface area contributed by atoms with Crippen LogP contribution >= 0.6 is 23.4 Å². The van der Waals surface area contributed by atoms with E-state index in [-0.39, 0.29) is 23.4 Å². The van der Waals surface area contributed by atoms with E-state index in [1.54, 1.807) is 24.1 Å². The highest BCUT2D eigenvalue weighted by Crippen LogP contribution is 2.24. The van der Waals surface area contributed by atoms with E-state index in [9.17, 15) is 14.0 Å². The lowest BCUT2D eigenvalue weighted by atomic mass is 10.1. The summed E-state index contributed by atoms with van der Waals surface area (Å²) in [4.78, 5) is 26.9. The molecule has 4 nitrogen and oxygen atoms in total. The first-order valence-corrected chi connectivity index (χ1v) is 11.1. The third-order valence-corrected chi connectivity index (χ3v) is 5.95. The number of benzene rings is 2. The number of likely N-dealkylation sites (N-methyl/N-ethyl adjacent to an activating group) is 1. The Labute approximate surface area is 180 Å². The zero-order valence-electron chi connectivity index (χ0n) is 16.7. The van der Waals surface area contributed by atoms with E-state index in [2.05, 4.69) is 5.32 Å². The Balaban J connectivity index is 2.05. The van der Waals surface area contributed by atoms with Crippen molar-refractivity contribution in [1.29, 1.82) is 0 Å². The third-order valence-electron chi connectivity index (χ3n) is 4.65. The molecule has 0 aliphatic carbocycles. The minimum atomic E-state index is -0.533. The number of hydrogen-bond donors (Lipinski definition) is 1. The van der Waals surface area contributed by atoms with Crippen LogP contribution in [0.1, 0.15) is 24.5 Å². The van der Waals surface area contributed by atoms with Gasteiger partial charge in [0.2, 0.25) is 11.8 Å². The van der Waals surface area contributed by atoms with Crippen LogP contribution in [-0.2, 0) is 21.8 Å². The molecule has 2 rings (SSSR count). The monoisotopic (exact) mass is 436 g/mol. The minimum absolute atomic E-state index is 0.145. The summed E-state index contributed by atoms with van der Waals surface area (Å²) in [5.41, 5.74) is 1.49. The van der Waals surface area contributed by atoms with Crippen LogP contribution in [-0.4, -0.2) is 42.1 Å². The molecular weight excluding hydrogens is 411 g/mol. The van der Waals surface area contributed by atoms with Gasteiger partial charge < -0.3 is 10.2 Å². The van der Waals surface area contributed by atoms with Gasteiger partial charge in [0, 0.05) is 29.9 Å². The number of hydrogen-bond acceptors (Lipinski definition) is 3. The van der Waals surface area contributed by atoms with Crippen molar-refractivity contribution in [3.8, 4) is 0 Å². The molecule has 0 fully saturated rings. The van der Waals surface area contributed by atoms with Crippen LogP contribution in [0, 0.1) is 5.82 Å². The number of amides is 2. The van der Waals surface area contributed by atoms with Crippen LogP contribution in [0.5, 0.6) is 0 Å². The van der Waals surface area contributed by atoms with Crippen molar-refractivity contribution < 1.29 is 14.0 Å².